The molecule has 114 valence electrons. The first-order valence-corrected chi connectivity index (χ1v) is 9.09. The molecule has 2 aromatic rings. The topological polar surface area (TPSA) is 43.4 Å². The van der Waals surface area contributed by atoms with Crippen molar-refractivity contribution < 1.29 is 13.2 Å². The molecule has 0 aliphatic rings. The van der Waals surface area contributed by atoms with Gasteiger partial charge in [-0.1, -0.05) is 45.0 Å². The molecule has 0 unspecified atom stereocenters. The first-order chi connectivity index (χ1) is 9.68. The SMILES string of the molecule is CC(C)(C)CCOc1ccc(S(=O)(=O)Cl)c2ccccc12. The first kappa shape index (κ1) is 16.1. The van der Waals surface area contributed by atoms with Crippen LogP contribution in [0.25, 0.3) is 10.8 Å². The lowest BCUT2D eigenvalue weighted by molar-refractivity contribution is 0.245. The van der Waals surface area contributed by atoms with Crippen molar-refractivity contribution in [2.24, 2.45) is 5.41 Å². The van der Waals surface area contributed by atoms with Crippen molar-refractivity contribution in [3.63, 3.8) is 0 Å². The van der Waals surface area contributed by atoms with Crippen molar-refractivity contribution in [3.05, 3.63) is 36.4 Å². The number of fused-ring (bicyclic) bond motifs is 1. The number of hydrogen-bond acceptors (Lipinski definition) is 3. The maximum absolute atomic E-state index is 11.6. The van der Waals surface area contributed by atoms with Gasteiger partial charge in [-0.15, -0.1) is 0 Å². The van der Waals surface area contributed by atoms with Gasteiger partial charge in [-0.2, -0.15) is 0 Å². The summed E-state index contributed by atoms with van der Waals surface area (Å²) in [5.74, 6) is 0.680. The molecular formula is C16H19ClO3S. The van der Waals surface area contributed by atoms with Gasteiger partial charge in [0.15, 0.2) is 0 Å². The lowest BCUT2D eigenvalue weighted by Gasteiger charge is -2.19. The summed E-state index contributed by atoms with van der Waals surface area (Å²) in [7, 11) is 1.71. The molecule has 0 saturated carbocycles. The molecule has 0 aliphatic heterocycles. The minimum Gasteiger partial charge on any atom is -0.493 e. The monoisotopic (exact) mass is 326 g/mol. The van der Waals surface area contributed by atoms with Crippen LogP contribution < -0.4 is 4.74 Å². The van der Waals surface area contributed by atoms with Crippen molar-refractivity contribution in [1.29, 1.82) is 0 Å². The van der Waals surface area contributed by atoms with E-state index >= 15 is 0 Å². The quantitative estimate of drug-likeness (QED) is 0.772. The average Bonchev–Trinajstić information content (AvgIpc) is 2.36. The molecule has 0 heterocycles. The van der Waals surface area contributed by atoms with Gasteiger partial charge in [0, 0.05) is 21.5 Å². The normalized spacial score (nSPS) is 12.6. The number of benzene rings is 2. The van der Waals surface area contributed by atoms with E-state index < -0.39 is 9.05 Å². The number of ether oxygens (including phenoxy) is 1. The molecule has 0 bridgehead atoms. The molecule has 21 heavy (non-hydrogen) atoms. The van der Waals surface area contributed by atoms with Crippen molar-refractivity contribution in [2.75, 3.05) is 6.61 Å². The van der Waals surface area contributed by atoms with E-state index in [2.05, 4.69) is 20.8 Å². The first-order valence-electron chi connectivity index (χ1n) is 6.78. The molecule has 0 saturated heterocycles. The van der Waals surface area contributed by atoms with Crippen LogP contribution in [0.5, 0.6) is 5.75 Å². The van der Waals surface area contributed by atoms with Crippen LogP contribution in [0.4, 0.5) is 0 Å². The molecule has 0 N–H and O–H groups in total. The second kappa shape index (κ2) is 5.85. The molecule has 0 aliphatic carbocycles. The standard InChI is InChI=1S/C16H19ClO3S/c1-16(2,3)10-11-20-14-8-9-15(21(17,18)19)13-7-5-4-6-12(13)14/h4-9H,10-11H2,1-3H3. The molecule has 3 nitrogen and oxygen atoms in total. The number of hydrogen-bond donors (Lipinski definition) is 0. The molecule has 2 rings (SSSR count). The Labute approximate surface area is 130 Å². The van der Waals surface area contributed by atoms with Gasteiger partial charge in [0.2, 0.25) is 0 Å². The average molecular weight is 327 g/mol. The van der Waals surface area contributed by atoms with Crippen LogP contribution in [0.15, 0.2) is 41.3 Å². The van der Waals surface area contributed by atoms with Crippen LogP contribution in [0, 0.1) is 5.41 Å². The summed E-state index contributed by atoms with van der Waals surface area (Å²) in [6.45, 7) is 7.04. The lowest BCUT2D eigenvalue weighted by Crippen LogP contribution is -2.11. The van der Waals surface area contributed by atoms with E-state index in [4.69, 9.17) is 15.4 Å². The van der Waals surface area contributed by atoms with Crippen molar-refractivity contribution >= 4 is 30.5 Å². The molecule has 0 aromatic heterocycles. The summed E-state index contributed by atoms with van der Waals surface area (Å²) >= 11 is 0. The fourth-order valence-electron chi connectivity index (χ4n) is 2.05. The smallest absolute Gasteiger partial charge is 0.261 e. The highest BCUT2D eigenvalue weighted by Crippen LogP contribution is 2.33. The van der Waals surface area contributed by atoms with Crippen LogP contribution in [-0.2, 0) is 9.05 Å². The van der Waals surface area contributed by atoms with E-state index in [0.717, 1.165) is 11.8 Å². The molecule has 5 heteroatoms. The van der Waals surface area contributed by atoms with E-state index in [-0.39, 0.29) is 10.3 Å². The Kier molecular flexibility index (Phi) is 4.49. The van der Waals surface area contributed by atoms with Gasteiger partial charge in [-0.05, 0) is 24.0 Å². The van der Waals surface area contributed by atoms with E-state index in [1.165, 1.54) is 6.07 Å². The van der Waals surface area contributed by atoms with E-state index in [9.17, 15) is 8.42 Å². The zero-order valence-corrected chi connectivity index (χ0v) is 14.0. The molecule has 0 fully saturated rings. The fourth-order valence-corrected chi connectivity index (χ4v) is 3.12. The summed E-state index contributed by atoms with van der Waals surface area (Å²) in [6, 6.07) is 10.4. The maximum Gasteiger partial charge on any atom is 0.261 e. The molecule has 0 atom stereocenters. The Morgan fingerprint density at radius 1 is 1.05 bits per heavy atom. The van der Waals surface area contributed by atoms with Gasteiger partial charge in [0.25, 0.3) is 9.05 Å². The minimum atomic E-state index is -3.77. The Morgan fingerprint density at radius 2 is 1.67 bits per heavy atom. The second-order valence-corrected chi connectivity index (χ2v) is 8.74. The van der Waals surface area contributed by atoms with E-state index in [1.54, 1.807) is 18.2 Å². The highest BCUT2D eigenvalue weighted by Gasteiger charge is 2.17. The largest absolute Gasteiger partial charge is 0.493 e. The minimum absolute atomic E-state index is 0.114. The molecule has 0 spiro atoms. The Morgan fingerprint density at radius 3 is 2.24 bits per heavy atom. The summed E-state index contributed by atoms with van der Waals surface area (Å²) in [5.41, 5.74) is 0.190. The molecule has 0 amide bonds. The van der Waals surface area contributed by atoms with E-state index in [0.29, 0.717) is 17.7 Å². The third-order valence-electron chi connectivity index (χ3n) is 3.22. The highest BCUT2D eigenvalue weighted by atomic mass is 35.7. The van der Waals surface area contributed by atoms with Crippen LogP contribution >= 0.6 is 10.7 Å². The lowest BCUT2D eigenvalue weighted by atomic mass is 9.93. The third-order valence-corrected chi connectivity index (χ3v) is 4.60. The summed E-state index contributed by atoms with van der Waals surface area (Å²) in [5, 5.41) is 1.34. The molecular weight excluding hydrogens is 308 g/mol. The van der Waals surface area contributed by atoms with Gasteiger partial charge < -0.3 is 4.74 Å². The zero-order valence-electron chi connectivity index (χ0n) is 12.4. The van der Waals surface area contributed by atoms with Gasteiger partial charge in [-0.25, -0.2) is 8.42 Å². The van der Waals surface area contributed by atoms with E-state index in [1.807, 2.05) is 12.1 Å². The van der Waals surface area contributed by atoms with Gasteiger partial charge in [-0.3, -0.25) is 0 Å². The number of halogens is 1. The predicted molar refractivity (Wildman–Crippen MR) is 86.6 cm³/mol. The van der Waals surface area contributed by atoms with Crippen LogP contribution in [0.3, 0.4) is 0 Å². The predicted octanol–water partition coefficient (Wildman–Crippen LogP) is 4.58. The van der Waals surface area contributed by atoms with Crippen molar-refractivity contribution in [2.45, 2.75) is 32.1 Å². The van der Waals surface area contributed by atoms with Crippen LogP contribution in [0.2, 0.25) is 0 Å². The highest BCUT2D eigenvalue weighted by molar-refractivity contribution is 8.14. The summed E-state index contributed by atoms with van der Waals surface area (Å²) < 4.78 is 29.1. The zero-order chi connectivity index (χ0) is 15.7. The van der Waals surface area contributed by atoms with Gasteiger partial charge >= 0.3 is 0 Å². The van der Waals surface area contributed by atoms with Gasteiger partial charge in [0.05, 0.1) is 11.5 Å². The Balaban J connectivity index is 2.39. The van der Waals surface area contributed by atoms with Crippen LogP contribution in [-0.4, -0.2) is 15.0 Å². The second-order valence-electron chi connectivity index (χ2n) is 6.20. The maximum atomic E-state index is 11.6. The molecule has 2 aromatic carbocycles. The number of rotatable bonds is 4. The van der Waals surface area contributed by atoms with Crippen LogP contribution in [0.1, 0.15) is 27.2 Å². The summed E-state index contributed by atoms with van der Waals surface area (Å²) in [4.78, 5) is 0.114. The third kappa shape index (κ3) is 4.11. The van der Waals surface area contributed by atoms with Crippen molar-refractivity contribution in [1.82, 2.24) is 0 Å². The van der Waals surface area contributed by atoms with Crippen molar-refractivity contribution in [3.8, 4) is 5.75 Å². The fraction of sp³-hybridized carbons (Fsp3) is 0.375. The Hall–Kier alpha value is -1.26. The molecule has 0 radical (unpaired) electrons. The Bertz CT molecular complexity index is 746. The van der Waals surface area contributed by atoms with Gasteiger partial charge in [0.1, 0.15) is 5.75 Å². The summed E-state index contributed by atoms with van der Waals surface area (Å²) in [6.07, 6.45) is 0.914.